The van der Waals surface area contributed by atoms with Crippen LogP contribution in [0.4, 0.5) is 0 Å². The fourth-order valence-electron chi connectivity index (χ4n) is 2.83. The van der Waals surface area contributed by atoms with Crippen molar-refractivity contribution in [3.05, 3.63) is 29.8 Å². The Bertz CT molecular complexity index is 676. The Labute approximate surface area is 151 Å². The van der Waals surface area contributed by atoms with E-state index in [1.165, 1.54) is 4.31 Å². The summed E-state index contributed by atoms with van der Waals surface area (Å²) in [5, 5.41) is 0. The molecule has 1 amide bonds. The Morgan fingerprint density at radius 1 is 1.08 bits per heavy atom. The molecule has 140 valence electrons. The minimum Gasteiger partial charge on any atom is -0.340 e. The number of rotatable bonds is 6. The Morgan fingerprint density at radius 2 is 1.64 bits per heavy atom. The minimum atomic E-state index is -3.49. The zero-order valence-electron chi connectivity index (χ0n) is 15.6. The van der Waals surface area contributed by atoms with Crippen molar-refractivity contribution in [2.75, 3.05) is 46.8 Å². The van der Waals surface area contributed by atoms with Crippen molar-refractivity contribution >= 4 is 15.9 Å². The lowest BCUT2D eigenvalue weighted by Gasteiger charge is -2.34. The van der Waals surface area contributed by atoms with Crippen molar-refractivity contribution in [2.45, 2.75) is 31.1 Å². The molecule has 1 aliphatic rings. The van der Waals surface area contributed by atoms with Crippen LogP contribution in [0.2, 0.25) is 0 Å². The minimum absolute atomic E-state index is 0.0898. The molecule has 1 heterocycles. The first-order valence-corrected chi connectivity index (χ1v) is 10.2. The molecule has 25 heavy (non-hydrogen) atoms. The second-order valence-electron chi connectivity index (χ2n) is 7.06. The summed E-state index contributed by atoms with van der Waals surface area (Å²) in [5.74, 6) is 0.459. The fraction of sp³-hybridized carbons (Fsp3) is 0.611. The van der Waals surface area contributed by atoms with Crippen LogP contribution in [-0.2, 0) is 14.8 Å². The van der Waals surface area contributed by atoms with Gasteiger partial charge in [0, 0.05) is 39.1 Å². The lowest BCUT2D eigenvalue weighted by Crippen LogP contribution is -2.50. The molecule has 1 saturated heterocycles. The van der Waals surface area contributed by atoms with Crippen LogP contribution < -0.4 is 0 Å². The summed E-state index contributed by atoms with van der Waals surface area (Å²) >= 11 is 0. The van der Waals surface area contributed by atoms with Gasteiger partial charge in [-0.05, 0) is 37.7 Å². The molecule has 1 aromatic rings. The number of carbonyl (C=O) groups excluding carboxylic acids is 1. The topological polar surface area (TPSA) is 60.9 Å². The third kappa shape index (κ3) is 5.03. The number of hydrogen-bond donors (Lipinski definition) is 0. The van der Waals surface area contributed by atoms with E-state index >= 15 is 0 Å². The van der Waals surface area contributed by atoms with Gasteiger partial charge in [0.25, 0.3) is 0 Å². The van der Waals surface area contributed by atoms with Crippen LogP contribution in [0.5, 0.6) is 0 Å². The van der Waals surface area contributed by atoms with Gasteiger partial charge < -0.3 is 9.80 Å². The van der Waals surface area contributed by atoms with Gasteiger partial charge in [-0.2, -0.15) is 4.31 Å². The number of sulfonamides is 1. The van der Waals surface area contributed by atoms with Gasteiger partial charge in [-0.3, -0.25) is 4.79 Å². The second kappa shape index (κ2) is 8.29. The highest BCUT2D eigenvalue weighted by Gasteiger charge is 2.29. The van der Waals surface area contributed by atoms with E-state index in [0.717, 1.165) is 5.56 Å². The molecule has 1 fully saturated rings. The maximum atomic E-state index is 12.8. The second-order valence-corrected chi connectivity index (χ2v) is 9.00. The van der Waals surface area contributed by atoms with E-state index in [-0.39, 0.29) is 5.91 Å². The maximum absolute atomic E-state index is 12.8. The van der Waals surface area contributed by atoms with Gasteiger partial charge in [0.15, 0.2) is 0 Å². The van der Waals surface area contributed by atoms with Crippen LogP contribution in [0.25, 0.3) is 0 Å². The molecule has 0 aromatic heterocycles. The van der Waals surface area contributed by atoms with Crippen LogP contribution in [0.1, 0.15) is 31.7 Å². The lowest BCUT2D eigenvalue weighted by atomic mass is 10.0. The first-order valence-electron chi connectivity index (χ1n) is 8.74. The van der Waals surface area contributed by atoms with Crippen molar-refractivity contribution in [3.63, 3.8) is 0 Å². The number of amides is 1. The van der Waals surface area contributed by atoms with E-state index < -0.39 is 10.0 Å². The summed E-state index contributed by atoms with van der Waals surface area (Å²) in [6, 6.07) is 7.11. The first-order chi connectivity index (χ1) is 11.7. The quantitative estimate of drug-likeness (QED) is 0.766. The summed E-state index contributed by atoms with van der Waals surface area (Å²) in [6.45, 7) is 6.47. The molecule has 0 unspecified atom stereocenters. The molecule has 0 radical (unpaired) electrons. The first kappa shape index (κ1) is 19.9. The van der Waals surface area contributed by atoms with Crippen molar-refractivity contribution in [3.8, 4) is 0 Å². The number of carbonyl (C=O) groups is 1. The van der Waals surface area contributed by atoms with Crippen LogP contribution in [0, 0.1) is 0 Å². The molecule has 0 saturated carbocycles. The van der Waals surface area contributed by atoms with Crippen LogP contribution in [-0.4, -0.2) is 75.2 Å². The third-order valence-electron chi connectivity index (χ3n) is 4.55. The number of nitrogens with zero attached hydrogens (tertiary/aromatic N) is 3. The Morgan fingerprint density at radius 3 is 2.12 bits per heavy atom. The van der Waals surface area contributed by atoms with Crippen molar-refractivity contribution in [2.24, 2.45) is 0 Å². The van der Waals surface area contributed by atoms with Gasteiger partial charge in [0.1, 0.15) is 0 Å². The van der Waals surface area contributed by atoms with Gasteiger partial charge in [0.2, 0.25) is 15.9 Å². The molecule has 2 rings (SSSR count). The zero-order chi connectivity index (χ0) is 18.6. The predicted octanol–water partition coefficient (Wildman–Crippen LogP) is 1.59. The standard InChI is InChI=1S/C18H29N3O3S/c1-15(2)16-5-7-17(8-6-16)25(23,24)21-13-11-20(12-14-21)18(22)9-10-19(3)4/h5-8,15H,9-14H2,1-4H3. The number of benzene rings is 1. The largest absolute Gasteiger partial charge is 0.340 e. The van der Waals surface area contributed by atoms with Crippen LogP contribution in [0.3, 0.4) is 0 Å². The van der Waals surface area contributed by atoms with Gasteiger partial charge in [-0.25, -0.2) is 8.42 Å². The zero-order valence-corrected chi connectivity index (χ0v) is 16.4. The molecule has 0 atom stereocenters. The highest BCUT2D eigenvalue weighted by molar-refractivity contribution is 7.89. The normalized spacial score (nSPS) is 16.6. The smallest absolute Gasteiger partial charge is 0.243 e. The Balaban J connectivity index is 1.98. The van der Waals surface area contributed by atoms with Gasteiger partial charge in [0.05, 0.1) is 4.90 Å². The molecule has 0 N–H and O–H groups in total. The van der Waals surface area contributed by atoms with E-state index in [0.29, 0.717) is 50.0 Å². The molecular formula is C18H29N3O3S. The number of hydrogen-bond acceptors (Lipinski definition) is 4. The van der Waals surface area contributed by atoms with Crippen LogP contribution in [0.15, 0.2) is 29.2 Å². The highest BCUT2D eigenvalue weighted by atomic mass is 32.2. The van der Waals surface area contributed by atoms with E-state index in [9.17, 15) is 13.2 Å². The summed E-state index contributed by atoms with van der Waals surface area (Å²) < 4.78 is 27.0. The van der Waals surface area contributed by atoms with E-state index in [1.54, 1.807) is 17.0 Å². The van der Waals surface area contributed by atoms with E-state index in [2.05, 4.69) is 13.8 Å². The average molecular weight is 368 g/mol. The highest BCUT2D eigenvalue weighted by Crippen LogP contribution is 2.21. The average Bonchev–Trinajstić information content (AvgIpc) is 2.59. The van der Waals surface area contributed by atoms with Crippen LogP contribution >= 0.6 is 0 Å². The Hall–Kier alpha value is -1.44. The third-order valence-corrected chi connectivity index (χ3v) is 6.46. The van der Waals surface area contributed by atoms with E-state index in [1.807, 2.05) is 31.1 Å². The van der Waals surface area contributed by atoms with Crippen molar-refractivity contribution in [1.82, 2.24) is 14.1 Å². The van der Waals surface area contributed by atoms with Crippen molar-refractivity contribution in [1.29, 1.82) is 0 Å². The predicted molar refractivity (Wildman–Crippen MR) is 99.0 cm³/mol. The van der Waals surface area contributed by atoms with Crippen molar-refractivity contribution < 1.29 is 13.2 Å². The van der Waals surface area contributed by atoms with Gasteiger partial charge in [-0.15, -0.1) is 0 Å². The molecule has 7 heteroatoms. The molecule has 0 bridgehead atoms. The summed E-state index contributed by atoms with van der Waals surface area (Å²) in [7, 11) is 0.374. The Kier molecular flexibility index (Phi) is 6.59. The summed E-state index contributed by atoms with van der Waals surface area (Å²) in [5.41, 5.74) is 1.12. The maximum Gasteiger partial charge on any atom is 0.243 e. The fourth-order valence-corrected chi connectivity index (χ4v) is 4.25. The molecule has 0 aliphatic carbocycles. The van der Waals surface area contributed by atoms with Gasteiger partial charge >= 0.3 is 0 Å². The monoisotopic (exact) mass is 367 g/mol. The van der Waals surface area contributed by atoms with Gasteiger partial charge in [-0.1, -0.05) is 26.0 Å². The molecule has 6 nitrogen and oxygen atoms in total. The molecular weight excluding hydrogens is 338 g/mol. The summed E-state index contributed by atoms with van der Waals surface area (Å²) in [6.07, 6.45) is 0.469. The summed E-state index contributed by atoms with van der Waals surface area (Å²) in [4.78, 5) is 16.2. The number of piperazine rings is 1. The molecule has 0 spiro atoms. The lowest BCUT2D eigenvalue weighted by molar-refractivity contribution is -0.132. The molecule has 1 aliphatic heterocycles. The molecule has 1 aromatic carbocycles. The van der Waals surface area contributed by atoms with E-state index in [4.69, 9.17) is 0 Å². The SMILES string of the molecule is CC(C)c1ccc(S(=O)(=O)N2CCN(C(=O)CCN(C)C)CC2)cc1.